The molecule has 2 heterocycles. The summed E-state index contributed by atoms with van der Waals surface area (Å²) in [5.41, 5.74) is 13.8. The van der Waals surface area contributed by atoms with Crippen LogP contribution >= 0.6 is 0 Å². The molecule has 4 heteroatoms. The van der Waals surface area contributed by atoms with Crippen LogP contribution in [-0.2, 0) is 0 Å². The minimum absolute atomic E-state index is 0.630. The molecule has 2 aromatic heterocycles. The Kier molecular flexibility index (Phi) is 8.45. The van der Waals surface area contributed by atoms with E-state index in [9.17, 15) is 0 Å². The standard InChI is InChI=1S/C55H35N3O/c1-3-13-37(14-4-1)43-17-7-10-21-49(43)55-57-53(40-15-5-2-6-16-40)56-54(58-55)41-29-27-39(28-30-41)45-33-32-44(46-18-8-9-19-47(45)46)38-25-23-36(24-26-38)42-31-34-52-50(35-42)48-20-11-12-22-51(48)59-52/h1-35H. The van der Waals surface area contributed by atoms with Crippen molar-refractivity contribution in [2.24, 2.45) is 0 Å². The van der Waals surface area contributed by atoms with E-state index in [0.717, 1.165) is 55.3 Å². The first kappa shape index (κ1) is 34.3. The monoisotopic (exact) mass is 753 g/mol. The topological polar surface area (TPSA) is 51.8 Å². The summed E-state index contributed by atoms with van der Waals surface area (Å²) in [6.07, 6.45) is 0. The maximum absolute atomic E-state index is 6.08. The van der Waals surface area contributed by atoms with Crippen LogP contribution in [0.25, 0.3) is 111 Å². The fourth-order valence-electron chi connectivity index (χ4n) is 8.24. The Hall–Kier alpha value is -7.95. The fourth-order valence-corrected chi connectivity index (χ4v) is 8.24. The normalized spacial score (nSPS) is 11.4. The molecule has 0 bridgehead atoms. The second kappa shape index (κ2) is 14.5. The predicted octanol–water partition coefficient (Wildman–Crippen LogP) is 14.6. The molecule has 0 aliphatic rings. The molecule has 0 N–H and O–H groups in total. The number of hydrogen-bond donors (Lipinski definition) is 0. The Labute approximate surface area is 341 Å². The summed E-state index contributed by atoms with van der Waals surface area (Å²) in [5.74, 6) is 1.91. The molecule has 59 heavy (non-hydrogen) atoms. The van der Waals surface area contributed by atoms with E-state index in [0.29, 0.717) is 17.5 Å². The average Bonchev–Trinajstić information content (AvgIpc) is 3.70. The molecule has 0 saturated carbocycles. The first-order valence-electron chi connectivity index (χ1n) is 19.8. The SMILES string of the molecule is c1ccc(-c2nc(-c3ccc(-c4ccc(-c5ccc(-c6ccc7oc8ccccc8c7c6)cc5)c5ccccc45)cc3)nc(-c3ccccc3-c3ccccc3)n2)cc1. The van der Waals surface area contributed by atoms with Crippen LogP contribution in [0.3, 0.4) is 0 Å². The van der Waals surface area contributed by atoms with Crippen LogP contribution in [0.4, 0.5) is 0 Å². The molecule has 0 fully saturated rings. The van der Waals surface area contributed by atoms with Gasteiger partial charge in [0.2, 0.25) is 0 Å². The highest BCUT2D eigenvalue weighted by molar-refractivity contribution is 6.07. The summed E-state index contributed by atoms with van der Waals surface area (Å²) in [6, 6.07) is 74.2. The first-order valence-corrected chi connectivity index (χ1v) is 19.8. The highest BCUT2D eigenvalue weighted by Gasteiger charge is 2.17. The van der Waals surface area contributed by atoms with Crippen molar-refractivity contribution in [3.63, 3.8) is 0 Å². The summed E-state index contributed by atoms with van der Waals surface area (Å²) >= 11 is 0. The van der Waals surface area contributed by atoms with Crippen molar-refractivity contribution in [3.8, 4) is 78.7 Å². The molecule has 0 radical (unpaired) electrons. The molecular weight excluding hydrogens is 719 g/mol. The van der Waals surface area contributed by atoms with Crippen molar-refractivity contribution in [2.75, 3.05) is 0 Å². The summed E-state index contributed by atoms with van der Waals surface area (Å²) < 4.78 is 6.08. The molecule has 0 spiro atoms. The van der Waals surface area contributed by atoms with Gasteiger partial charge in [0, 0.05) is 27.5 Å². The molecule has 9 aromatic carbocycles. The molecule has 276 valence electrons. The first-order chi connectivity index (χ1) is 29.2. The highest BCUT2D eigenvalue weighted by atomic mass is 16.3. The maximum atomic E-state index is 6.08. The molecule has 11 aromatic rings. The molecule has 4 nitrogen and oxygen atoms in total. The van der Waals surface area contributed by atoms with Gasteiger partial charge in [-0.05, 0) is 73.5 Å². The zero-order valence-electron chi connectivity index (χ0n) is 32.0. The number of rotatable bonds is 7. The molecular formula is C55H35N3O. The lowest BCUT2D eigenvalue weighted by atomic mass is 9.91. The third kappa shape index (κ3) is 6.34. The van der Waals surface area contributed by atoms with Gasteiger partial charge in [0.15, 0.2) is 17.5 Å². The van der Waals surface area contributed by atoms with Gasteiger partial charge < -0.3 is 4.42 Å². The van der Waals surface area contributed by atoms with Crippen molar-refractivity contribution >= 4 is 32.7 Å². The van der Waals surface area contributed by atoms with E-state index in [1.54, 1.807) is 0 Å². The molecule has 0 aliphatic carbocycles. The van der Waals surface area contributed by atoms with Gasteiger partial charge in [-0.15, -0.1) is 0 Å². The van der Waals surface area contributed by atoms with Gasteiger partial charge >= 0.3 is 0 Å². The Morgan fingerprint density at radius 3 is 1.31 bits per heavy atom. The lowest BCUT2D eigenvalue weighted by Crippen LogP contribution is -2.01. The molecule has 0 saturated heterocycles. The average molecular weight is 754 g/mol. The number of hydrogen-bond acceptors (Lipinski definition) is 4. The molecule has 0 unspecified atom stereocenters. The fraction of sp³-hybridized carbons (Fsp3) is 0. The van der Waals surface area contributed by atoms with E-state index in [1.165, 1.54) is 38.6 Å². The van der Waals surface area contributed by atoms with Crippen molar-refractivity contribution in [1.82, 2.24) is 15.0 Å². The lowest BCUT2D eigenvalue weighted by Gasteiger charge is -2.14. The van der Waals surface area contributed by atoms with Crippen LogP contribution in [0.2, 0.25) is 0 Å². The van der Waals surface area contributed by atoms with Crippen molar-refractivity contribution in [2.45, 2.75) is 0 Å². The maximum Gasteiger partial charge on any atom is 0.164 e. The lowest BCUT2D eigenvalue weighted by molar-refractivity contribution is 0.669. The van der Waals surface area contributed by atoms with Crippen LogP contribution in [0.1, 0.15) is 0 Å². The summed E-state index contributed by atoms with van der Waals surface area (Å²) in [7, 11) is 0. The minimum atomic E-state index is 0.630. The third-order valence-corrected chi connectivity index (χ3v) is 11.2. The number of fused-ring (bicyclic) bond motifs is 4. The summed E-state index contributed by atoms with van der Waals surface area (Å²) in [4.78, 5) is 15.2. The highest BCUT2D eigenvalue weighted by Crippen LogP contribution is 2.39. The van der Waals surface area contributed by atoms with Crippen LogP contribution in [0.15, 0.2) is 217 Å². The largest absolute Gasteiger partial charge is 0.456 e. The van der Waals surface area contributed by atoms with E-state index in [4.69, 9.17) is 19.4 Å². The van der Waals surface area contributed by atoms with Crippen LogP contribution in [-0.4, -0.2) is 15.0 Å². The van der Waals surface area contributed by atoms with Crippen molar-refractivity contribution in [1.29, 1.82) is 0 Å². The zero-order chi connectivity index (χ0) is 39.1. The van der Waals surface area contributed by atoms with E-state index in [2.05, 4.69) is 158 Å². The Bertz CT molecular complexity index is 3300. The number of aromatic nitrogens is 3. The Morgan fingerprint density at radius 1 is 0.237 bits per heavy atom. The Balaban J connectivity index is 0.937. The molecule has 11 rings (SSSR count). The van der Waals surface area contributed by atoms with Gasteiger partial charge in [-0.1, -0.05) is 194 Å². The second-order valence-corrected chi connectivity index (χ2v) is 14.8. The summed E-state index contributed by atoms with van der Waals surface area (Å²) in [5, 5.41) is 4.68. The third-order valence-electron chi connectivity index (χ3n) is 11.2. The minimum Gasteiger partial charge on any atom is -0.456 e. The van der Waals surface area contributed by atoms with Crippen molar-refractivity contribution < 1.29 is 4.42 Å². The quantitative estimate of drug-likeness (QED) is 0.163. The molecule has 0 amide bonds. The molecule has 0 aliphatic heterocycles. The van der Waals surface area contributed by atoms with Crippen LogP contribution in [0.5, 0.6) is 0 Å². The van der Waals surface area contributed by atoms with Crippen LogP contribution < -0.4 is 0 Å². The number of nitrogens with zero attached hydrogens (tertiary/aromatic N) is 3. The van der Waals surface area contributed by atoms with Crippen LogP contribution in [0, 0.1) is 0 Å². The molecule has 0 atom stereocenters. The number of benzene rings is 9. The van der Waals surface area contributed by atoms with Gasteiger partial charge in [0.25, 0.3) is 0 Å². The van der Waals surface area contributed by atoms with Gasteiger partial charge in [-0.2, -0.15) is 0 Å². The second-order valence-electron chi connectivity index (χ2n) is 14.8. The number of furan rings is 1. The predicted molar refractivity (Wildman–Crippen MR) is 243 cm³/mol. The van der Waals surface area contributed by atoms with Gasteiger partial charge in [-0.25, -0.2) is 15.0 Å². The van der Waals surface area contributed by atoms with Gasteiger partial charge in [0.1, 0.15) is 11.2 Å². The zero-order valence-corrected chi connectivity index (χ0v) is 32.0. The van der Waals surface area contributed by atoms with Gasteiger partial charge in [-0.3, -0.25) is 0 Å². The van der Waals surface area contributed by atoms with E-state index >= 15 is 0 Å². The van der Waals surface area contributed by atoms with E-state index in [1.807, 2.05) is 54.6 Å². The van der Waals surface area contributed by atoms with Crippen molar-refractivity contribution in [3.05, 3.63) is 212 Å². The van der Waals surface area contributed by atoms with E-state index in [-0.39, 0.29) is 0 Å². The Morgan fingerprint density at radius 2 is 0.661 bits per heavy atom. The van der Waals surface area contributed by atoms with Gasteiger partial charge in [0.05, 0.1) is 0 Å². The van der Waals surface area contributed by atoms with E-state index < -0.39 is 0 Å². The summed E-state index contributed by atoms with van der Waals surface area (Å²) in [6.45, 7) is 0. The number of para-hydroxylation sites is 1. The smallest absolute Gasteiger partial charge is 0.164 e.